The Hall–Kier alpha value is -7.15. The Morgan fingerprint density at radius 3 is 1.78 bits per heavy atom. The largest absolute Gasteiger partial charge is 0.455 e. The van der Waals surface area contributed by atoms with Crippen LogP contribution >= 0.6 is 11.3 Å². The molecule has 0 saturated carbocycles. The van der Waals surface area contributed by atoms with Crippen LogP contribution < -0.4 is 9.64 Å². The number of rotatable bonds is 6. The molecule has 0 radical (unpaired) electrons. The summed E-state index contributed by atoms with van der Waals surface area (Å²) in [5.74, 6) is 3.31. The first-order chi connectivity index (χ1) is 27.3. The highest BCUT2D eigenvalue weighted by molar-refractivity contribution is 7.25. The van der Waals surface area contributed by atoms with E-state index in [1.165, 1.54) is 20.2 Å². The van der Waals surface area contributed by atoms with Gasteiger partial charge in [-0.1, -0.05) is 133 Å². The molecule has 1 aliphatic heterocycles. The van der Waals surface area contributed by atoms with Crippen LogP contribution in [0.4, 0.5) is 17.1 Å². The topological polar surface area (TPSA) is 51.1 Å². The Morgan fingerprint density at radius 2 is 1.02 bits per heavy atom. The summed E-state index contributed by atoms with van der Waals surface area (Å²) in [5.41, 5.74) is 8.01. The van der Waals surface area contributed by atoms with Crippen molar-refractivity contribution in [3.05, 3.63) is 182 Å². The first kappa shape index (κ1) is 31.4. The molecule has 0 fully saturated rings. The molecule has 8 aromatic carbocycles. The third-order valence-electron chi connectivity index (χ3n) is 10.3. The van der Waals surface area contributed by atoms with Gasteiger partial charge in [0, 0.05) is 59.0 Å². The number of para-hydroxylation sites is 2. The summed E-state index contributed by atoms with van der Waals surface area (Å²) >= 11 is 1.83. The van der Waals surface area contributed by atoms with Gasteiger partial charge in [0.1, 0.15) is 11.5 Å². The SMILES string of the molecule is c1ccc(-c2nc(-c3ccccc3)nc(-c3cccc4c3Oc3ccc(N(c5ccccc5)c5ccc6c(c5)sc5ccccc56)c5cccc-4c35)n2)cc1. The van der Waals surface area contributed by atoms with Gasteiger partial charge in [-0.2, -0.15) is 0 Å². The van der Waals surface area contributed by atoms with Gasteiger partial charge >= 0.3 is 0 Å². The van der Waals surface area contributed by atoms with Gasteiger partial charge in [0.25, 0.3) is 0 Å². The summed E-state index contributed by atoms with van der Waals surface area (Å²) < 4.78 is 9.50. The fourth-order valence-corrected chi connectivity index (χ4v) is 8.93. The minimum Gasteiger partial charge on any atom is -0.455 e. The minimum atomic E-state index is 0.559. The third-order valence-corrected chi connectivity index (χ3v) is 11.4. The van der Waals surface area contributed by atoms with E-state index in [2.05, 4.69) is 120 Å². The maximum atomic E-state index is 6.95. The average Bonchev–Trinajstić information content (AvgIpc) is 3.63. The number of aromatic nitrogens is 3. The molecule has 0 unspecified atom stereocenters. The molecule has 2 aromatic heterocycles. The van der Waals surface area contributed by atoms with Crippen molar-refractivity contribution in [1.82, 2.24) is 15.0 Å². The summed E-state index contributed by atoms with van der Waals surface area (Å²) in [6, 6.07) is 63.2. The van der Waals surface area contributed by atoms with Crippen LogP contribution in [0, 0.1) is 0 Å². The number of anilines is 3. The van der Waals surface area contributed by atoms with Crippen molar-refractivity contribution in [2.45, 2.75) is 0 Å². The first-order valence-corrected chi connectivity index (χ1v) is 19.1. The Bertz CT molecular complexity index is 3010. The zero-order valence-electron chi connectivity index (χ0n) is 29.4. The van der Waals surface area contributed by atoms with Crippen molar-refractivity contribution in [3.63, 3.8) is 0 Å². The zero-order chi connectivity index (χ0) is 36.3. The van der Waals surface area contributed by atoms with E-state index in [4.69, 9.17) is 19.7 Å². The lowest BCUT2D eigenvalue weighted by molar-refractivity contribution is 0.488. The van der Waals surface area contributed by atoms with Gasteiger partial charge in [-0.3, -0.25) is 0 Å². The van der Waals surface area contributed by atoms with E-state index >= 15 is 0 Å². The minimum absolute atomic E-state index is 0.559. The summed E-state index contributed by atoms with van der Waals surface area (Å²) in [5, 5.41) is 4.74. The molecule has 0 spiro atoms. The van der Waals surface area contributed by atoms with E-state index in [-0.39, 0.29) is 0 Å². The molecule has 5 nitrogen and oxygen atoms in total. The molecule has 6 heteroatoms. The first-order valence-electron chi connectivity index (χ1n) is 18.3. The molecule has 258 valence electrons. The fourth-order valence-electron chi connectivity index (χ4n) is 7.80. The van der Waals surface area contributed by atoms with E-state index in [1.807, 2.05) is 78.1 Å². The molecule has 0 saturated heterocycles. The van der Waals surface area contributed by atoms with Crippen LogP contribution in [0.25, 0.3) is 76.2 Å². The predicted octanol–water partition coefficient (Wildman–Crippen LogP) is 13.6. The van der Waals surface area contributed by atoms with Crippen molar-refractivity contribution in [1.29, 1.82) is 0 Å². The number of ether oxygens (including phenoxy) is 1. The summed E-state index contributed by atoms with van der Waals surface area (Å²) in [6.45, 7) is 0. The smallest absolute Gasteiger partial charge is 0.167 e. The van der Waals surface area contributed by atoms with Crippen molar-refractivity contribution in [2.24, 2.45) is 0 Å². The summed E-state index contributed by atoms with van der Waals surface area (Å²) in [6.07, 6.45) is 0. The van der Waals surface area contributed by atoms with Gasteiger partial charge in [-0.05, 0) is 54.1 Å². The Morgan fingerprint density at radius 1 is 0.418 bits per heavy atom. The van der Waals surface area contributed by atoms with Crippen LogP contribution in [-0.2, 0) is 0 Å². The number of nitrogens with zero attached hydrogens (tertiary/aromatic N) is 4. The molecular formula is C49H30N4OS. The van der Waals surface area contributed by atoms with E-state index < -0.39 is 0 Å². The molecule has 0 aliphatic carbocycles. The molecule has 11 rings (SSSR count). The molecule has 0 bridgehead atoms. The standard InChI is InChI=1S/C49H30N4OS/c1-4-14-31(15-5-1)47-50-48(32-16-6-2-7-17-32)52-49(51-47)40-24-13-22-38-37-21-12-23-39-41(28-29-42(45(37)39)54-46(38)40)53(33-18-8-3-9-19-33)34-26-27-36-35-20-10-11-25-43(35)55-44(36)30-34/h1-30H. The molecular weight excluding hydrogens is 693 g/mol. The predicted molar refractivity (Wildman–Crippen MR) is 227 cm³/mol. The molecule has 0 amide bonds. The number of hydrogen-bond donors (Lipinski definition) is 0. The second-order valence-corrected chi connectivity index (χ2v) is 14.7. The van der Waals surface area contributed by atoms with Gasteiger partial charge in [-0.15, -0.1) is 11.3 Å². The van der Waals surface area contributed by atoms with Crippen molar-refractivity contribution in [2.75, 3.05) is 4.90 Å². The second-order valence-electron chi connectivity index (χ2n) is 13.6. The lowest BCUT2D eigenvalue weighted by Gasteiger charge is -2.29. The van der Waals surface area contributed by atoms with Crippen LogP contribution in [0.1, 0.15) is 0 Å². The van der Waals surface area contributed by atoms with Gasteiger partial charge in [0.2, 0.25) is 0 Å². The van der Waals surface area contributed by atoms with Crippen LogP contribution in [0.3, 0.4) is 0 Å². The number of hydrogen-bond acceptors (Lipinski definition) is 6. The lowest BCUT2D eigenvalue weighted by atomic mass is 9.92. The number of benzene rings is 8. The van der Waals surface area contributed by atoms with Crippen LogP contribution in [0.2, 0.25) is 0 Å². The third kappa shape index (κ3) is 5.26. The quantitative estimate of drug-likeness (QED) is 0.171. The van der Waals surface area contributed by atoms with Crippen LogP contribution in [-0.4, -0.2) is 15.0 Å². The highest BCUT2D eigenvalue weighted by atomic mass is 32.1. The van der Waals surface area contributed by atoms with E-state index in [9.17, 15) is 0 Å². The molecule has 10 aromatic rings. The van der Waals surface area contributed by atoms with Gasteiger partial charge in [0.05, 0.1) is 11.3 Å². The molecule has 0 atom stereocenters. The lowest BCUT2D eigenvalue weighted by Crippen LogP contribution is -2.11. The Balaban J connectivity index is 1.08. The summed E-state index contributed by atoms with van der Waals surface area (Å²) in [4.78, 5) is 17.4. The van der Waals surface area contributed by atoms with E-state index in [0.717, 1.165) is 67.2 Å². The molecule has 1 aliphatic rings. The highest BCUT2D eigenvalue weighted by Gasteiger charge is 2.27. The number of fused-ring (bicyclic) bond motifs is 5. The van der Waals surface area contributed by atoms with Crippen molar-refractivity contribution in [3.8, 4) is 56.8 Å². The van der Waals surface area contributed by atoms with Crippen molar-refractivity contribution < 1.29 is 4.74 Å². The molecule has 55 heavy (non-hydrogen) atoms. The Kier molecular flexibility index (Phi) is 7.28. The van der Waals surface area contributed by atoms with E-state index in [0.29, 0.717) is 17.5 Å². The number of thiophene rings is 1. The van der Waals surface area contributed by atoms with Crippen LogP contribution in [0.5, 0.6) is 11.5 Å². The maximum absolute atomic E-state index is 6.95. The average molecular weight is 723 g/mol. The zero-order valence-corrected chi connectivity index (χ0v) is 30.2. The van der Waals surface area contributed by atoms with Gasteiger partial charge in [0.15, 0.2) is 17.5 Å². The van der Waals surface area contributed by atoms with Gasteiger partial charge < -0.3 is 9.64 Å². The highest BCUT2D eigenvalue weighted by Crippen LogP contribution is 2.53. The molecule has 0 N–H and O–H groups in total. The fraction of sp³-hybridized carbons (Fsp3) is 0. The van der Waals surface area contributed by atoms with Gasteiger partial charge in [-0.25, -0.2) is 15.0 Å². The van der Waals surface area contributed by atoms with E-state index in [1.54, 1.807) is 0 Å². The Labute approximate surface area is 321 Å². The van der Waals surface area contributed by atoms with Crippen LogP contribution in [0.15, 0.2) is 182 Å². The normalized spacial score (nSPS) is 11.8. The molecule has 3 heterocycles. The summed E-state index contributed by atoms with van der Waals surface area (Å²) in [7, 11) is 0. The van der Waals surface area contributed by atoms with Crippen molar-refractivity contribution >= 4 is 59.3 Å². The second kappa shape index (κ2) is 12.8. The monoisotopic (exact) mass is 722 g/mol. The maximum Gasteiger partial charge on any atom is 0.167 e.